The summed E-state index contributed by atoms with van der Waals surface area (Å²) in [5.74, 6) is 1.02. The van der Waals surface area contributed by atoms with E-state index in [1.165, 1.54) is 0 Å². The fourth-order valence-electron chi connectivity index (χ4n) is 1.86. The lowest BCUT2D eigenvalue weighted by Crippen LogP contribution is -2.24. The second-order valence-corrected chi connectivity index (χ2v) is 4.61. The standard InChI is InChI=1S/C13H16O3/c1-4-11(14)15-10-7-5-6-9-8-13(2,3)16-12(9)10/h5-7H,4,8H2,1-3H3. The number of ether oxygens (including phenoxy) is 2. The minimum Gasteiger partial charge on any atom is -0.483 e. The van der Waals surface area contributed by atoms with Crippen LogP contribution in [0.1, 0.15) is 32.8 Å². The van der Waals surface area contributed by atoms with Crippen molar-refractivity contribution in [2.75, 3.05) is 0 Å². The van der Waals surface area contributed by atoms with Gasteiger partial charge in [0.05, 0.1) is 0 Å². The molecule has 2 rings (SSSR count). The maximum atomic E-state index is 11.3. The first-order valence-corrected chi connectivity index (χ1v) is 5.53. The summed E-state index contributed by atoms with van der Waals surface area (Å²) in [5, 5.41) is 0. The molecule has 0 saturated carbocycles. The van der Waals surface area contributed by atoms with Gasteiger partial charge in [0, 0.05) is 18.4 Å². The molecular formula is C13H16O3. The number of hydrogen-bond acceptors (Lipinski definition) is 3. The molecule has 0 aromatic heterocycles. The van der Waals surface area contributed by atoms with Crippen LogP contribution >= 0.6 is 0 Å². The van der Waals surface area contributed by atoms with Crippen molar-refractivity contribution in [3.05, 3.63) is 23.8 Å². The number of carbonyl (C=O) groups is 1. The Morgan fingerprint density at radius 2 is 2.25 bits per heavy atom. The van der Waals surface area contributed by atoms with Gasteiger partial charge in [-0.1, -0.05) is 19.1 Å². The van der Waals surface area contributed by atoms with Crippen LogP contribution in [0.4, 0.5) is 0 Å². The Balaban J connectivity index is 2.30. The van der Waals surface area contributed by atoms with Gasteiger partial charge in [0.2, 0.25) is 0 Å². The first-order chi connectivity index (χ1) is 7.52. The van der Waals surface area contributed by atoms with Gasteiger partial charge in [0.25, 0.3) is 0 Å². The first kappa shape index (κ1) is 11.0. The van der Waals surface area contributed by atoms with Gasteiger partial charge in [0.15, 0.2) is 11.5 Å². The smallest absolute Gasteiger partial charge is 0.311 e. The summed E-state index contributed by atoms with van der Waals surface area (Å²) in [4.78, 5) is 11.3. The molecule has 1 heterocycles. The third-order valence-electron chi connectivity index (χ3n) is 2.57. The molecule has 0 aliphatic carbocycles. The zero-order valence-electron chi connectivity index (χ0n) is 9.87. The summed E-state index contributed by atoms with van der Waals surface area (Å²) in [6, 6.07) is 5.67. The maximum absolute atomic E-state index is 11.3. The summed E-state index contributed by atoms with van der Waals surface area (Å²) >= 11 is 0. The summed E-state index contributed by atoms with van der Waals surface area (Å²) < 4.78 is 11.0. The van der Waals surface area contributed by atoms with E-state index in [4.69, 9.17) is 9.47 Å². The predicted octanol–water partition coefficient (Wildman–Crippen LogP) is 2.72. The van der Waals surface area contributed by atoms with E-state index in [2.05, 4.69) is 0 Å². The third kappa shape index (κ3) is 2.03. The molecule has 0 bridgehead atoms. The lowest BCUT2D eigenvalue weighted by atomic mass is 10.0. The number of esters is 1. The fraction of sp³-hybridized carbons (Fsp3) is 0.462. The van der Waals surface area contributed by atoms with Crippen LogP contribution in [0.5, 0.6) is 11.5 Å². The topological polar surface area (TPSA) is 35.5 Å². The van der Waals surface area contributed by atoms with E-state index in [0.717, 1.165) is 12.0 Å². The third-order valence-corrected chi connectivity index (χ3v) is 2.57. The van der Waals surface area contributed by atoms with Gasteiger partial charge in [-0.2, -0.15) is 0 Å². The van der Waals surface area contributed by atoms with Crippen LogP contribution in [-0.4, -0.2) is 11.6 Å². The van der Waals surface area contributed by atoms with E-state index in [-0.39, 0.29) is 11.6 Å². The molecule has 1 aliphatic heterocycles. The van der Waals surface area contributed by atoms with E-state index in [9.17, 15) is 4.79 Å². The van der Waals surface area contributed by atoms with E-state index in [1.54, 1.807) is 13.0 Å². The Labute approximate surface area is 95.4 Å². The highest BCUT2D eigenvalue weighted by molar-refractivity contribution is 5.73. The minimum absolute atomic E-state index is 0.211. The molecule has 86 valence electrons. The number of carbonyl (C=O) groups excluding carboxylic acids is 1. The first-order valence-electron chi connectivity index (χ1n) is 5.53. The van der Waals surface area contributed by atoms with Crippen molar-refractivity contribution < 1.29 is 14.3 Å². The molecule has 16 heavy (non-hydrogen) atoms. The van der Waals surface area contributed by atoms with E-state index >= 15 is 0 Å². The maximum Gasteiger partial charge on any atom is 0.311 e. The molecule has 0 saturated heterocycles. The van der Waals surface area contributed by atoms with Gasteiger partial charge in [-0.05, 0) is 19.9 Å². The molecule has 0 amide bonds. The Morgan fingerprint density at radius 1 is 1.50 bits per heavy atom. The molecule has 0 N–H and O–H groups in total. The van der Waals surface area contributed by atoms with Crippen molar-refractivity contribution in [2.45, 2.75) is 39.2 Å². The van der Waals surface area contributed by atoms with Crippen LogP contribution < -0.4 is 9.47 Å². The molecule has 1 aromatic carbocycles. The van der Waals surface area contributed by atoms with E-state index < -0.39 is 0 Å². The Morgan fingerprint density at radius 3 is 2.94 bits per heavy atom. The van der Waals surface area contributed by atoms with Crippen molar-refractivity contribution in [2.24, 2.45) is 0 Å². The Hall–Kier alpha value is -1.51. The summed E-state index contributed by atoms with van der Waals surface area (Å²) in [7, 11) is 0. The van der Waals surface area contributed by atoms with Crippen LogP contribution in [-0.2, 0) is 11.2 Å². The average Bonchev–Trinajstić information content (AvgIpc) is 2.53. The zero-order chi connectivity index (χ0) is 11.8. The van der Waals surface area contributed by atoms with E-state index in [0.29, 0.717) is 17.9 Å². The summed E-state index contributed by atoms with van der Waals surface area (Å²) in [5.41, 5.74) is 0.892. The second kappa shape index (κ2) is 3.81. The quantitative estimate of drug-likeness (QED) is 0.568. The summed E-state index contributed by atoms with van der Waals surface area (Å²) in [6.07, 6.45) is 1.22. The van der Waals surface area contributed by atoms with Crippen molar-refractivity contribution in [3.8, 4) is 11.5 Å². The lowest BCUT2D eigenvalue weighted by Gasteiger charge is -2.17. The van der Waals surface area contributed by atoms with Gasteiger partial charge in [-0.3, -0.25) is 4.79 Å². The molecule has 1 aliphatic rings. The van der Waals surface area contributed by atoms with Crippen molar-refractivity contribution >= 4 is 5.97 Å². The average molecular weight is 220 g/mol. The molecule has 0 radical (unpaired) electrons. The Bertz CT molecular complexity index is 421. The molecule has 1 aromatic rings. The summed E-state index contributed by atoms with van der Waals surface area (Å²) in [6.45, 7) is 5.83. The zero-order valence-corrected chi connectivity index (χ0v) is 9.87. The minimum atomic E-state index is -0.235. The lowest BCUT2D eigenvalue weighted by molar-refractivity contribution is -0.134. The van der Waals surface area contributed by atoms with Gasteiger partial charge in [-0.25, -0.2) is 0 Å². The molecule has 3 heteroatoms. The highest BCUT2D eigenvalue weighted by Crippen LogP contribution is 2.41. The van der Waals surface area contributed by atoms with Crippen LogP contribution in [0.15, 0.2) is 18.2 Å². The van der Waals surface area contributed by atoms with E-state index in [1.807, 2.05) is 26.0 Å². The van der Waals surface area contributed by atoms with Crippen LogP contribution in [0, 0.1) is 0 Å². The van der Waals surface area contributed by atoms with Crippen LogP contribution in [0.2, 0.25) is 0 Å². The Kier molecular flexibility index (Phi) is 2.62. The largest absolute Gasteiger partial charge is 0.483 e. The fourth-order valence-corrected chi connectivity index (χ4v) is 1.86. The second-order valence-electron chi connectivity index (χ2n) is 4.61. The molecule has 3 nitrogen and oxygen atoms in total. The molecule has 0 unspecified atom stereocenters. The monoisotopic (exact) mass is 220 g/mol. The molecular weight excluding hydrogens is 204 g/mol. The van der Waals surface area contributed by atoms with Crippen molar-refractivity contribution in [1.82, 2.24) is 0 Å². The number of benzene rings is 1. The van der Waals surface area contributed by atoms with Gasteiger partial charge in [-0.15, -0.1) is 0 Å². The van der Waals surface area contributed by atoms with Crippen molar-refractivity contribution in [1.29, 1.82) is 0 Å². The van der Waals surface area contributed by atoms with Crippen LogP contribution in [0.3, 0.4) is 0 Å². The number of rotatable bonds is 2. The normalized spacial score (nSPS) is 16.4. The van der Waals surface area contributed by atoms with Gasteiger partial charge < -0.3 is 9.47 Å². The van der Waals surface area contributed by atoms with Crippen molar-refractivity contribution in [3.63, 3.8) is 0 Å². The van der Waals surface area contributed by atoms with Gasteiger partial charge >= 0.3 is 5.97 Å². The highest BCUT2D eigenvalue weighted by atomic mass is 16.6. The molecule has 0 spiro atoms. The number of fused-ring (bicyclic) bond motifs is 1. The highest BCUT2D eigenvalue weighted by Gasteiger charge is 2.32. The number of hydrogen-bond donors (Lipinski definition) is 0. The van der Waals surface area contributed by atoms with Crippen LogP contribution in [0.25, 0.3) is 0 Å². The molecule has 0 fully saturated rings. The predicted molar refractivity (Wildman–Crippen MR) is 60.8 cm³/mol. The molecule has 0 atom stereocenters. The number of para-hydroxylation sites is 1. The SMILES string of the molecule is CCC(=O)Oc1cccc2c1OC(C)(C)C2. The van der Waals surface area contributed by atoms with Gasteiger partial charge in [0.1, 0.15) is 5.60 Å².